The van der Waals surface area contributed by atoms with E-state index >= 15 is 0 Å². The highest BCUT2D eigenvalue weighted by atomic mass is 16.3. The minimum atomic E-state index is -0.114. The zero-order chi connectivity index (χ0) is 16.8. The smallest absolute Gasteiger partial charge is 0.251 e. The monoisotopic (exact) mass is 327 g/mol. The van der Waals surface area contributed by atoms with Crippen LogP contribution in [0.4, 0.5) is 5.95 Å². The van der Waals surface area contributed by atoms with Crippen LogP contribution in [0.2, 0.25) is 0 Å². The zero-order valence-corrected chi connectivity index (χ0v) is 13.3. The number of anilines is 1. The molecule has 3 heterocycles. The maximum atomic E-state index is 9.79. The van der Waals surface area contributed by atoms with Crippen LogP contribution in [0, 0.1) is 0 Å². The van der Waals surface area contributed by atoms with Gasteiger partial charge in [-0.05, 0) is 18.9 Å². The molecule has 1 saturated carbocycles. The number of hydrogen-bond donors (Lipinski definition) is 3. The third-order valence-corrected chi connectivity index (χ3v) is 3.73. The van der Waals surface area contributed by atoms with Gasteiger partial charge in [0.1, 0.15) is 0 Å². The zero-order valence-electron chi connectivity index (χ0n) is 13.3. The fourth-order valence-electron chi connectivity index (χ4n) is 2.34. The number of fused-ring (bicyclic) bond motifs is 1. The fraction of sp³-hybridized carbons (Fsp3) is 0.333. The van der Waals surface area contributed by atoms with Gasteiger partial charge in [0.25, 0.3) is 5.62 Å². The van der Waals surface area contributed by atoms with Crippen molar-refractivity contribution in [3.63, 3.8) is 0 Å². The molecule has 0 aliphatic heterocycles. The van der Waals surface area contributed by atoms with Crippen LogP contribution in [0.1, 0.15) is 18.4 Å². The molecule has 9 nitrogen and oxygen atoms in total. The molecule has 9 heteroatoms. The summed E-state index contributed by atoms with van der Waals surface area (Å²) >= 11 is 0. The van der Waals surface area contributed by atoms with Crippen molar-refractivity contribution in [3.8, 4) is 11.8 Å². The SMILES string of the molecule is CN(C)c1nc(=NC2CC2)n2ncc(=Cc3cc(O)[nH]c3O)c2n1. The Kier molecular flexibility index (Phi) is 3.15. The predicted molar refractivity (Wildman–Crippen MR) is 86.6 cm³/mol. The number of nitrogens with zero attached hydrogens (tertiary/aromatic N) is 6. The molecule has 24 heavy (non-hydrogen) atoms. The number of aromatic hydroxyl groups is 2. The van der Waals surface area contributed by atoms with E-state index in [0.29, 0.717) is 34.0 Å². The van der Waals surface area contributed by atoms with Crippen LogP contribution in [-0.4, -0.2) is 54.9 Å². The van der Waals surface area contributed by atoms with Gasteiger partial charge < -0.3 is 15.1 Å². The van der Waals surface area contributed by atoms with Gasteiger partial charge in [0, 0.05) is 30.9 Å². The van der Waals surface area contributed by atoms with Gasteiger partial charge in [-0.3, -0.25) is 4.98 Å². The highest BCUT2D eigenvalue weighted by Gasteiger charge is 2.21. The molecule has 0 spiro atoms. The molecule has 1 aliphatic rings. The van der Waals surface area contributed by atoms with Crippen molar-refractivity contribution in [1.29, 1.82) is 0 Å². The predicted octanol–water partition coefficient (Wildman–Crippen LogP) is -0.460. The normalized spacial score (nSPS) is 16.2. The molecule has 124 valence electrons. The molecule has 0 bridgehead atoms. The van der Waals surface area contributed by atoms with E-state index in [1.54, 1.807) is 16.8 Å². The second-order valence-corrected chi connectivity index (χ2v) is 6.02. The fourth-order valence-corrected chi connectivity index (χ4v) is 2.34. The van der Waals surface area contributed by atoms with Crippen LogP contribution in [0.5, 0.6) is 11.8 Å². The van der Waals surface area contributed by atoms with Crippen molar-refractivity contribution in [2.24, 2.45) is 4.99 Å². The van der Waals surface area contributed by atoms with Gasteiger partial charge in [-0.15, -0.1) is 0 Å². The minimum Gasteiger partial charge on any atom is -0.494 e. The van der Waals surface area contributed by atoms with Crippen LogP contribution >= 0.6 is 0 Å². The maximum absolute atomic E-state index is 9.79. The van der Waals surface area contributed by atoms with Crippen molar-refractivity contribution < 1.29 is 10.2 Å². The number of aromatic amines is 1. The Balaban J connectivity index is 1.98. The third-order valence-electron chi connectivity index (χ3n) is 3.73. The summed E-state index contributed by atoms with van der Waals surface area (Å²) in [7, 11) is 3.73. The molecular formula is C15H17N7O2. The van der Waals surface area contributed by atoms with E-state index in [2.05, 4.69) is 25.0 Å². The first-order valence-electron chi connectivity index (χ1n) is 7.61. The van der Waals surface area contributed by atoms with Crippen molar-refractivity contribution >= 4 is 17.7 Å². The summed E-state index contributed by atoms with van der Waals surface area (Å²) in [5.41, 5.74) is 1.56. The lowest BCUT2D eigenvalue weighted by Gasteiger charge is -2.09. The van der Waals surface area contributed by atoms with E-state index in [0.717, 1.165) is 12.8 Å². The van der Waals surface area contributed by atoms with Crippen molar-refractivity contribution in [1.82, 2.24) is 24.6 Å². The lowest BCUT2D eigenvalue weighted by Crippen LogP contribution is -2.27. The summed E-state index contributed by atoms with van der Waals surface area (Å²) in [5.74, 6) is 0.318. The first-order chi connectivity index (χ1) is 11.5. The topological polar surface area (TPSA) is 115 Å². The summed E-state index contributed by atoms with van der Waals surface area (Å²) in [6.07, 6.45) is 5.47. The molecule has 1 fully saturated rings. The van der Waals surface area contributed by atoms with Crippen molar-refractivity contribution in [3.05, 3.63) is 28.7 Å². The summed E-state index contributed by atoms with van der Waals surface area (Å²) in [6.45, 7) is 0. The van der Waals surface area contributed by atoms with E-state index in [-0.39, 0.29) is 11.8 Å². The Labute approximate surface area is 136 Å². The summed E-state index contributed by atoms with van der Waals surface area (Å²) in [4.78, 5) is 17.8. The van der Waals surface area contributed by atoms with Gasteiger partial charge in [0.2, 0.25) is 5.95 Å². The highest BCUT2D eigenvalue weighted by Crippen LogP contribution is 2.23. The number of aromatic nitrogens is 5. The van der Waals surface area contributed by atoms with Crippen molar-refractivity contribution in [2.75, 3.05) is 19.0 Å². The molecule has 3 aromatic heterocycles. The standard InChI is InChI=1S/C15H17N7O2/c1-21(2)14-19-12-9(5-8-6-11(23)18-13(8)24)7-16-22(12)15(20-14)17-10-3-4-10/h5-7,10,18,23-24H,3-4H2,1-2H3. The number of hydrogen-bond acceptors (Lipinski definition) is 7. The second-order valence-electron chi connectivity index (χ2n) is 6.02. The molecule has 1 aliphatic carbocycles. The lowest BCUT2D eigenvalue weighted by molar-refractivity contribution is 0.425. The first-order valence-corrected chi connectivity index (χ1v) is 7.61. The van der Waals surface area contributed by atoms with E-state index in [4.69, 9.17) is 0 Å². The second kappa shape index (κ2) is 5.22. The average molecular weight is 327 g/mol. The van der Waals surface area contributed by atoms with E-state index in [9.17, 15) is 10.2 Å². The third kappa shape index (κ3) is 2.53. The molecule has 0 unspecified atom stereocenters. The minimum absolute atomic E-state index is 0.108. The summed E-state index contributed by atoms with van der Waals surface area (Å²) in [6, 6.07) is 1.74. The van der Waals surface area contributed by atoms with Crippen LogP contribution in [0.25, 0.3) is 11.7 Å². The lowest BCUT2D eigenvalue weighted by atomic mass is 10.2. The van der Waals surface area contributed by atoms with Crippen molar-refractivity contribution in [2.45, 2.75) is 18.9 Å². The molecule has 0 radical (unpaired) electrons. The molecular weight excluding hydrogens is 310 g/mol. The molecule has 0 atom stereocenters. The Morgan fingerprint density at radius 3 is 2.75 bits per heavy atom. The van der Waals surface area contributed by atoms with E-state index in [1.807, 2.05) is 19.0 Å². The van der Waals surface area contributed by atoms with Gasteiger partial charge in [-0.1, -0.05) is 0 Å². The van der Waals surface area contributed by atoms with Crippen LogP contribution in [0.15, 0.2) is 17.3 Å². The quantitative estimate of drug-likeness (QED) is 0.600. The van der Waals surface area contributed by atoms with Crippen LogP contribution in [-0.2, 0) is 0 Å². The van der Waals surface area contributed by atoms with Gasteiger partial charge in [-0.2, -0.15) is 19.6 Å². The molecule has 0 aromatic carbocycles. The number of rotatable bonds is 3. The van der Waals surface area contributed by atoms with Gasteiger partial charge >= 0.3 is 0 Å². The Morgan fingerprint density at radius 2 is 2.12 bits per heavy atom. The van der Waals surface area contributed by atoms with Gasteiger partial charge in [0.05, 0.1) is 12.2 Å². The molecule has 4 rings (SSSR count). The maximum Gasteiger partial charge on any atom is 0.251 e. The molecule has 0 saturated heterocycles. The van der Waals surface area contributed by atoms with Gasteiger partial charge in [0.15, 0.2) is 17.4 Å². The van der Waals surface area contributed by atoms with Crippen LogP contribution in [0.3, 0.4) is 0 Å². The van der Waals surface area contributed by atoms with Gasteiger partial charge in [-0.25, -0.2) is 4.99 Å². The summed E-state index contributed by atoms with van der Waals surface area (Å²) in [5, 5.41) is 24.3. The summed E-state index contributed by atoms with van der Waals surface area (Å²) < 4.78 is 1.60. The van der Waals surface area contributed by atoms with E-state index in [1.165, 1.54) is 6.07 Å². The Morgan fingerprint density at radius 1 is 1.33 bits per heavy atom. The molecule has 3 N–H and O–H groups in total. The highest BCUT2D eigenvalue weighted by molar-refractivity contribution is 5.61. The molecule has 0 amide bonds. The number of nitrogens with one attached hydrogen (secondary N) is 1. The van der Waals surface area contributed by atoms with Crippen LogP contribution < -0.4 is 15.7 Å². The van der Waals surface area contributed by atoms with E-state index < -0.39 is 0 Å². The Bertz CT molecular complexity index is 1030. The number of H-pyrrole nitrogens is 1. The largest absolute Gasteiger partial charge is 0.494 e. The molecule has 3 aromatic rings. The average Bonchev–Trinajstić information content (AvgIpc) is 3.16. The first kappa shape index (κ1) is 14.5. The Hall–Kier alpha value is -3.10.